The van der Waals surface area contributed by atoms with E-state index in [0.29, 0.717) is 74.0 Å². The van der Waals surface area contributed by atoms with Gasteiger partial charge < -0.3 is 9.47 Å². The molecule has 0 saturated carbocycles. The number of benzene rings is 2. The smallest absolute Gasteiger partial charge is 0.249 e. The minimum Gasteiger partial charge on any atom is -0.497 e. The fraction of sp³-hybridized carbons (Fsp3) is 0.455. The largest absolute Gasteiger partial charge is 0.497 e. The van der Waals surface area contributed by atoms with E-state index >= 15 is 4.39 Å². The number of amides is 1. The summed E-state index contributed by atoms with van der Waals surface area (Å²) in [6, 6.07) is 6.64. The van der Waals surface area contributed by atoms with Gasteiger partial charge in [0.05, 0.1) is 43.4 Å². The number of likely N-dealkylation sites (tertiary alicyclic amines) is 1. The highest BCUT2D eigenvalue weighted by Gasteiger charge is 2.41. The lowest BCUT2D eigenvalue weighted by Gasteiger charge is -2.40. The Hall–Kier alpha value is -3.76. The van der Waals surface area contributed by atoms with Crippen LogP contribution in [0.3, 0.4) is 0 Å². The zero-order valence-corrected chi connectivity index (χ0v) is 25.1. The van der Waals surface area contributed by atoms with E-state index in [-0.39, 0.29) is 24.9 Å². The van der Waals surface area contributed by atoms with Crippen LogP contribution in [0.1, 0.15) is 48.5 Å². The van der Waals surface area contributed by atoms with Gasteiger partial charge in [-0.15, -0.1) is 0 Å². The zero-order valence-electron chi connectivity index (χ0n) is 25.1. The van der Waals surface area contributed by atoms with Crippen LogP contribution in [0.2, 0.25) is 0 Å². The molecule has 1 atom stereocenters. The highest BCUT2D eigenvalue weighted by atomic mass is 19.2. The maximum atomic E-state index is 16.5. The highest BCUT2D eigenvalue weighted by molar-refractivity contribution is 5.85. The van der Waals surface area contributed by atoms with Crippen LogP contribution in [0.15, 0.2) is 36.5 Å². The Kier molecular flexibility index (Phi) is 10.6. The summed E-state index contributed by atoms with van der Waals surface area (Å²) in [5, 5.41) is 10.2. The number of alkyl halides is 1. The molecular formula is C33H36F4N4O4. The summed E-state index contributed by atoms with van der Waals surface area (Å²) in [4.78, 5) is 21.7. The van der Waals surface area contributed by atoms with E-state index in [1.165, 1.54) is 0 Å². The number of morpholine rings is 1. The molecule has 2 aliphatic heterocycles. The van der Waals surface area contributed by atoms with Crippen molar-refractivity contribution in [1.82, 2.24) is 20.3 Å². The molecule has 2 aromatic carbocycles. The molecule has 2 N–H and O–H groups in total. The molecule has 2 fully saturated rings. The second-order valence-corrected chi connectivity index (χ2v) is 11.5. The molecule has 1 aromatic heterocycles. The monoisotopic (exact) mass is 628 g/mol. The number of nitrogens with zero attached hydrogens (tertiary/aromatic N) is 3. The Labute approximate surface area is 259 Å². The number of pyridine rings is 1. The number of rotatable bonds is 9. The van der Waals surface area contributed by atoms with Gasteiger partial charge in [-0.2, -0.15) is 0 Å². The predicted molar refractivity (Wildman–Crippen MR) is 159 cm³/mol. The van der Waals surface area contributed by atoms with Crippen molar-refractivity contribution >= 4 is 16.8 Å². The summed E-state index contributed by atoms with van der Waals surface area (Å²) in [6.45, 7) is 4.13. The Morgan fingerprint density at radius 3 is 2.60 bits per heavy atom. The van der Waals surface area contributed by atoms with Crippen LogP contribution in [0.5, 0.6) is 5.75 Å². The average molecular weight is 629 g/mol. The first kappa shape index (κ1) is 32.6. The van der Waals surface area contributed by atoms with Gasteiger partial charge in [-0.1, -0.05) is 11.8 Å². The molecule has 12 heteroatoms. The van der Waals surface area contributed by atoms with E-state index in [2.05, 4.69) is 21.7 Å². The molecule has 8 nitrogen and oxygen atoms in total. The van der Waals surface area contributed by atoms with Gasteiger partial charge in [0, 0.05) is 55.9 Å². The number of carbonyl (C=O) groups is 1. The Bertz CT molecular complexity index is 1580. The van der Waals surface area contributed by atoms with Crippen molar-refractivity contribution in [3.8, 4) is 17.6 Å². The van der Waals surface area contributed by atoms with E-state index < -0.39 is 34.9 Å². The number of hydroxylamine groups is 1. The van der Waals surface area contributed by atoms with Crippen LogP contribution < -0.4 is 10.2 Å². The van der Waals surface area contributed by atoms with E-state index in [4.69, 9.17) is 9.47 Å². The number of nitrogens with one attached hydrogen (secondary N) is 1. The average Bonchev–Trinajstić information content (AvgIpc) is 3.06. The van der Waals surface area contributed by atoms with Crippen LogP contribution in [-0.2, 0) is 16.1 Å². The lowest BCUT2D eigenvalue weighted by Crippen LogP contribution is -2.48. The lowest BCUT2D eigenvalue weighted by molar-refractivity contribution is -0.143. The van der Waals surface area contributed by atoms with Crippen molar-refractivity contribution < 1.29 is 37.0 Å². The molecule has 2 aliphatic rings. The van der Waals surface area contributed by atoms with Crippen molar-refractivity contribution in [3.05, 3.63) is 70.7 Å². The number of halogens is 4. The number of hydrogen-bond donors (Lipinski definition) is 2. The number of fused-ring (bicyclic) bond motifs is 1. The maximum absolute atomic E-state index is 16.5. The Morgan fingerprint density at radius 2 is 1.89 bits per heavy atom. The van der Waals surface area contributed by atoms with E-state index in [9.17, 15) is 23.2 Å². The summed E-state index contributed by atoms with van der Waals surface area (Å²) in [6.07, 6.45) is 1.15. The van der Waals surface area contributed by atoms with Gasteiger partial charge in [0.2, 0.25) is 5.91 Å². The molecule has 5 rings (SSSR count). The molecule has 3 heterocycles. The first-order valence-electron chi connectivity index (χ1n) is 14.9. The number of hydrogen-bond acceptors (Lipinski definition) is 7. The fourth-order valence-electron chi connectivity index (χ4n) is 6.15. The summed E-state index contributed by atoms with van der Waals surface area (Å²) in [5.41, 5.74) is 2.29. The number of aromatic nitrogens is 1. The molecule has 240 valence electrons. The third-order valence-electron chi connectivity index (χ3n) is 8.80. The van der Waals surface area contributed by atoms with Gasteiger partial charge in [0.25, 0.3) is 0 Å². The van der Waals surface area contributed by atoms with Crippen molar-refractivity contribution in [1.29, 1.82) is 0 Å². The van der Waals surface area contributed by atoms with Crippen molar-refractivity contribution in [2.24, 2.45) is 5.41 Å². The van der Waals surface area contributed by atoms with Crippen molar-refractivity contribution in [2.75, 3.05) is 53.0 Å². The van der Waals surface area contributed by atoms with Gasteiger partial charge in [-0.25, -0.2) is 23.0 Å². The third kappa shape index (κ3) is 7.56. The van der Waals surface area contributed by atoms with E-state index in [0.717, 1.165) is 24.7 Å². The molecule has 1 amide bonds. The highest BCUT2D eigenvalue weighted by Crippen LogP contribution is 2.41. The summed E-state index contributed by atoms with van der Waals surface area (Å²) >= 11 is 0. The fourth-order valence-corrected chi connectivity index (χ4v) is 6.15. The number of ether oxygens (including phenoxy) is 2. The zero-order chi connectivity index (χ0) is 32.0. The molecule has 0 aliphatic carbocycles. The Morgan fingerprint density at radius 1 is 1.13 bits per heavy atom. The van der Waals surface area contributed by atoms with Crippen molar-refractivity contribution in [3.63, 3.8) is 0 Å². The molecular weight excluding hydrogens is 592 g/mol. The van der Waals surface area contributed by atoms with Crippen molar-refractivity contribution in [2.45, 2.75) is 38.4 Å². The summed E-state index contributed by atoms with van der Waals surface area (Å²) in [7, 11) is 1.55. The second kappa shape index (κ2) is 14.6. The van der Waals surface area contributed by atoms with Crippen LogP contribution in [0, 0.1) is 34.7 Å². The molecule has 3 aromatic rings. The third-order valence-corrected chi connectivity index (χ3v) is 8.80. The van der Waals surface area contributed by atoms with Gasteiger partial charge in [0.1, 0.15) is 17.7 Å². The van der Waals surface area contributed by atoms with Gasteiger partial charge >= 0.3 is 0 Å². The lowest BCUT2D eigenvalue weighted by atomic mass is 9.73. The van der Waals surface area contributed by atoms with E-state index in [1.54, 1.807) is 37.0 Å². The van der Waals surface area contributed by atoms with Gasteiger partial charge in [-0.05, 0) is 55.5 Å². The number of carbonyl (C=O) groups excluding carboxylic acids is 1. The molecule has 0 unspecified atom stereocenters. The summed E-state index contributed by atoms with van der Waals surface area (Å²) in [5.74, 6) is 1.77. The second-order valence-electron chi connectivity index (χ2n) is 11.5. The molecule has 0 radical (unpaired) electrons. The summed E-state index contributed by atoms with van der Waals surface area (Å²) < 4.78 is 68.3. The minimum absolute atomic E-state index is 0.0318. The van der Waals surface area contributed by atoms with Crippen LogP contribution in [0.25, 0.3) is 10.9 Å². The van der Waals surface area contributed by atoms with Gasteiger partial charge in [0.15, 0.2) is 11.6 Å². The van der Waals surface area contributed by atoms with E-state index in [1.807, 2.05) is 4.90 Å². The maximum Gasteiger partial charge on any atom is 0.249 e. The predicted octanol–water partition coefficient (Wildman–Crippen LogP) is 4.92. The molecule has 0 spiro atoms. The first-order chi connectivity index (χ1) is 21.7. The topological polar surface area (TPSA) is 87.2 Å². The first-order valence-corrected chi connectivity index (χ1v) is 14.9. The quantitative estimate of drug-likeness (QED) is 0.114. The molecule has 0 bridgehead atoms. The van der Waals surface area contributed by atoms with Gasteiger partial charge in [-0.3, -0.25) is 24.8 Å². The van der Waals surface area contributed by atoms with Crippen LogP contribution in [0.4, 0.5) is 17.6 Å². The molecule has 45 heavy (non-hydrogen) atoms. The minimum atomic E-state index is -1.42. The normalized spacial score (nSPS) is 17.8. The van der Waals surface area contributed by atoms with Crippen LogP contribution >= 0.6 is 0 Å². The molecule has 2 saturated heterocycles. The standard InChI is InChI=1S/C33H36F4N4O4/c1-44-25-4-5-29-26(19-25)30(23(20-38-29)21-41-13-15-45-16-14-41)27(35)6-7-33(32(42)39-43)8-11-40(12-9-33)10-2-3-22-17-24(34)18-28(36)31(22)37/h4-5,17-20,27,43H,6-16,21H2,1H3,(H,39,42)/t27-/m1/s1. The SMILES string of the molecule is COc1ccc2ncc(CN3CCOCC3)c([C@H](F)CCC3(C(=O)NO)CCN(CC#Cc4cc(F)cc(F)c4F)CC3)c2c1. The number of piperidine rings is 1. The Balaban J connectivity index is 1.31. The number of methoxy groups -OCH3 is 1. The van der Waals surface area contributed by atoms with Crippen LogP contribution in [-0.4, -0.2) is 78.9 Å².